The number of halogens is 4. The van der Waals surface area contributed by atoms with Crippen LogP contribution in [-0.4, -0.2) is 5.91 Å². The van der Waals surface area contributed by atoms with Crippen LogP contribution in [0.2, 0.25) is 0 Å². The molecule has 8 heteroatoms. The minimum atomic E-state index is -4.68. The first-order valence-electron chi connectivity index (χ1n) is 3.82. The minimum Gasteiger partial charge on any atom is -0.287 e. The van der Waals surface area contributed by atoms with Crippen molar-refractivity contribution in [2.75, 3.05) is 0 Å². The highest BCUT2D eigenvalue weighted by molar-refractivity contribution is 9.10. The third kappa shape index (κ3) is 2.74. The molecule has 0 radical (unpaired) electrons. The van der Waals surface area contributed by atoms with Crippen LogP contribution >= 0.6 is 15.9 Å². The lowest BCUT2D eigenvalue weighted by atomic mass is 10.1. The van der Waals surface area contributed by atoms with E-state index in [1.54, 1.807) is 0 Å². The van der Waals surface area contributed by atoms with Crippen LogP contribution in [-0.2, 0) is 6.18 Å². The minimum absolute atomic E-state index is 0.178. The van der Waals surface area contributed by atoms with Crippen LogP contribution in [0.25, 0.3) is 10.4 Å². The number of alkyl halides is 3. The number of carbonyl (C=O) groups is 1. The predicted octanol–water partition coefficient (Wildman–Crippen LogP) is 3.92. The van der Waals surface area contributed by atoms with E-state index < -0.39 is 23.2 Å². The molecule has 0 aliphatic heterocycles. The van der Waals surface area contributed by atoms with E-state index in [1.165, 1.54) is 6.07 Å². The molecule has 0 spiro atoms. The molecule has 16 heavy (non-hydrogen) atoms. The van der Waals surface area contributed by atoms with Gasteiger partial charge in [-0.2, -0.15) is 13.2 Å². The van der Waals surface area contributed by atoms with Gasteiger partial charge < -0.3 is 0 Å². The van der Waals surface area contributed by atoms with E-state index in [0.29, 0.717) is 0 Å². The molecular formula is C8H3BrF3N3O. The van der Waals surface area contributed by atoms with Gasteiger partial charge in [0.15, 0.2) is 0 Å². The van der Waals surface area contributed by atoms with Crippen LogP contribution < -0.4 is 0 Å². The van der Waals surface area contributed by atoms with Crippen molar-refractivity contribution < 1.29 is 18.0 Å². The van der Waals surface area contributed by atoms with Gasteiger partial charge in [-0.15, -0.1) is 0 Å². The van der Waals surface area contributed by atoms with Gasteiger partial charge in [-0.3, -0.25) is 4.79 Å². The van der Waals surface area contributed by atoms with Crippen LogP contribution in [0.15, 0.2) is 27.8 Å². The summed E-state index contributed by atoms with van der Waals surface area (Å²) < 4.78 is 37.7. The van der Waals surface area contributed by atoms with Crippen LogP contribution in [0.4, 0.5) is 13.2 Å². The summed E-state index contributed by atoms with van der Waals surface area (Å²) in [5.74, 6) is -1.26. The number of hydrogen-bond acceptors (Lipinski definition) is 1. The van der Waals surface area contributed by atoms with Gasteiger partial charge >= 0.3 is 6.18 Å². The number of rotatable bonds is 1. The first-order valence-corrected chi connectivity index (χ1v) is 4.61. The van der Waals surface area contributed by atoms with Gasteiger partial charge in [-0.25, -0.2) is 0 Å². The lowest BCUT2D eigenvalue weighted by molar-refractivity contribution is -0.137. The molecule has 1 amide bonds. The molecule has 1 aromatic carbocycles. The summed E-state index contributed by atoms with van der Waals surface area (Å²) in [7, 11) is 0. The summed E-state index contributed by atoms with van der Waals surface area (Å²) in [6.45, 7) is 0. The first kappa shape index (κ1) is 12.5. The summed E-state index contributed by atoms with van der Waals surface area (Å²) in [4.78, 5) is 13.2. The summed E-state index contributed by atoms with van der Waals surface area (Å²) in [6, 6.07) is 2.96. The van der Waals surface area contributed by atoms with Crippen molar-refractivity contribution in [3.05, 3.63) is 44.2 Å². The zero-order valence-electron chi connectivity index (χ0n) is 7.49. The molecule has 84 valence electrons. The van der Waals surface area contributed by atoms with E-state index in [4.69, 9.17) is 5.53 Å². The highest BCUT2D eigenvalue weighted by atomic mass is 79.9. The van der Waals surface area contributed by atoms with Crippen molar-refractivity contribution in [2.24, 2.45) is 5.11 Å². The Labute approximate surface area is 95.8 Å². The maximum atomic E-state index is 12.5. The van der Waals surface area contributed by atoms with Crippen molar-refractivity contribution in [2.45, 2.75) is 6.18 Å². The Morgan fingerprint density at radius 3 is 2.56 bits per heavy atom. The third-order valence-electron chi connectivity index (χ3n) is 1.65. The van der Waals surface area contributed by atoms with Crippen LogP contribution in [0.1, 0.15) is 15.9 Å². The molecule has 0 aromatic heterocycles. The van der Waals surface area contributed by atoms with E-state index in [2.05, 4.69) is 26.0 Å². The van der Waals surface area contributed by atoms with E-state index in [-0.39, 0.29) is 4.47 Å². The molecule has 0 heterocycles. The number of hydrogen-bond donors (Lipinski definition) is 0. The summed E-state index contributed by atoms with van der Waals surface area (Å²) >= 11 is 2.86. The van der Waals surface area contributed by atoms with Crippen molar-refractivity contribution in [1.82, 2.24) is 0 Å². The van der Waals surface area contributed by atoms with Gasteiger partial charge in [0.1, 0.15) is 0 Å². The Bertz CT molecular complexity index is 480. The van der Waals surface area contributed by atoms with Crippen molar-refractivity contribution in [3.8, 4) is 0 Å². The zero-order valence-corrected chi connectivity index (χ0v) is 9.08. The van der Waals surface area contributed by atoms with E-state index in [1.807, 2.05) is 0 Å². The van der Waals surface area contributed by atoms with E-state index in [0.717, 1.165) is 12.1 Å². The number of azide groups is 1. The van der Waals surface area contributed by atoms with Crippen molar-refractivity contribution >= 4 is 21.8 Å². The molecule has 0 N–H and O–H groups in total. The molecule has 0 atom stereocenters. The maximum Gasteiger partial charge on any atom is 0.417 e. The molecule has 0 aliphatic rings. The van der Waals surface area contributed by atoms with E-state index >= 15 is 0 Å². The summed E-state index contributed by atoms with van der Waals surface area (Å²) in [5.41, 5.74) is 6.18. The maximum absolute atomic E-state index is 12.5. The number of nitrogens with zero attached hydrogens (tertiary/aromatic N) is 3. The van der Waals surface area contributed by atoms with Gasteiger partial charge in [-0.1, -0.05) is 15.9 Å². The van der Waals surface area contributed by atoms with Gasteiger partial charge in [0.25, 0.3) is 0 Å². The topological polar surface area (TPSA) is 65.8 Å². The predicted molar refractivity (Wildman–Crippen MR) is 52.6 cm³/mol. The average molecular weight is 294 g/mol. The van der Waals surface area contributed by atoms with Crippen LogP contribution in [0.3, 0.4) is 0 Å². The number of benzene rings is 1. The Kier molecular flexibility index (Phi) is 3.56. The molecule has 0 fully saturated rings. The Morgan fingerprint density at radius 2 is 2.06 bits per heavy atom. The zero-order chi connectivity index (χ0) is 12.3. The molecule has 0 unspecified atom stereocenters. The van der Waals surface area contributed by atoms with Gasteiger partial charge in [0.2, 0.25) is 5.91 Å². The molecule has 0 saturated heterocycles. The number of carbonyl (C=O) groups excluding carboxylic acids is 1. The SMILES string of the molecule is [N-]=[N+]=NC(=O)c1ccc(Br)cc1C(F)(F)F. The molecule has 0 bridgehead atoms. The van der Waals surface area contributed by atoms with Crippen molar-refractivity contribution in [3.63, 3.8) is 0 Å². The second-order valence-electron chi connectivity index (χ2n) is 2.68. The molecule has 0 saturated carbocycles. The molecule has 4 nitrogen and oxygen atoms in total. The molecule has 1 aromatic rings. The standard InChI is InChI=1S/C8H3BrF3N3O/c9-4-1-2-5(7(16)14-15-13)6(3-4)8(10,11)12/h1-3H. The largest absolute Gasteiger partial charge is 0.417 e. The fourth-order valence-electron chi connectivity index (χ4n) is 1.03. The second-order valence-corrected chi connectivity index (χ2v) is 3.60. The highest BCUT2D eigenvalue weighted by Crippen LogP contribution is 2.34. The first-order chi connectivity index (χ1) is 7.36. The smallest absolute Gasteiger partial charge is 0.287 e. The summed E-state index contributed by atoms with van der Waals surface area (Å²) in [5, 5.41) is 2.63. The lowest BCUT2D eigenvalue weighted by Gasteiger charge is -2.10. The highest BCUT2D eigenvalue weighted by Gasteiger charge is 2.35. The average Bonchev–Trinajstić information content (AvgIpc) is 2.16. The molecule has 1 rings (SSSR count). The second kappa shape index (κ2) is 4.54. The Morgan fingerprint density at radius 1 is 1.44 bits per heavy atom. The normalized spacial score (nSPS) is 10.8. The number of amides is 1. The van der Waals surface area contributed by atoms with E-state index in [9.17, 15) is 18.0 Å². The quantitative estimate of drug-likeness (QED) is 0.440. The van der Waals surface area contributed by atoms with Crippen LogP contribution in [0, 0.1) is 0 Å². The lowest BCUT2D eigenvalue weighted by Crippen LogP contribution is -2.11. The van der Waals surface area contributed by atoms with Gasteiger partial charge in [0, 0.05) is 14.9 Å². The fourth-order valence-corrected chi connectivity index (χ4v) is 1.39. The van der Waals surface area contributed by atoms with Crippen molar-refractivity contribution in [1.29, 1.82) is 0 Å². The summed E-state index contributed by atoms with van der Waals surface area (Å²) in [6.07, 6.45) is -4.68. The molecule has 0 aliphatic carbocycles. The Hall–Kier alpha value is -1.53. The van der Waals surface area contributed by atoms with Crippen LogP contribution in [0.5, 0.6) is 0 Å². The monoisotopic (exact) mass is 293 g/mol. The Balaban J connectivity index is 3.39. The fraction of sp³-hybridized carbons (Fsp3) is 0.125. The van der Waals surface area contributed by atoms with Gasteiger partial charge in [-0.05, 0) is 28.8 Å². The molecular weight excluding hydrogens is 291 g/mol. The van der Waals surface area contributed by atoms with Gasteiger partial charge in [0.05, 0.1) is 5.56 Å². The third-order valence-corrected chi connectivity index (χ3v) is 2.15.